The van der Waals surface area contributed by atoms with Gasteiger partial charge in [0.15, 0.2) is 11.5 Å². The van der Waals surface area contributed by atoms with Gasteiger partial charge in [-0.3, -0.25) is 9.59 Å². The first kappa shape index (κ1) is 17.4. The third-order valence-corrected chi connectivity index (χ3v) is 5.17. The molecule has 2 aliphatic heterocycles. The van der Waals surface area contributed by atoms with Crippen molar-refractivity contribution < 1.29 is 23.6 Å². The molecule has 0 radical (unpaired) electrons. The predicted octanol–water partition coefficient (Wildman–Crippen LogP) is 1.58. The van der Waals surface area contributed by atoms with Gasteiger partial charge in [0, 0.05) is 19.2 Å². The van der Waals surface area contributed by atoms with Crippen LogP contribution in [0.4, 0.5) is 0 Å². The lowest BCUT2D eigenvalue weighted by Gasteiger charge is -2.44. The summed E-state index contributed by atoms with van der Waals surface area (Å²) in [7, 11) is 3.18. The summed E-state index contributed by atoms with van der Waals surface area (Å²) in [5.41, 5.74) is 2.72. The van der Waals surface area contributed by atoms with Gasteiger partial charge in [-0.15, -0.1) is 0 Å². The van der Waals surface area contributed by atoms with Crippen LogP contribution in [-0.4, -0.2) is 60.6 Å². The minimum absolute atomic E-state index is 0.0394. The van der Waals surface area contributed by atoms with Crippen LogP contribution in [0.2, 0.25) is 0 Å². The van der Waals surface area contributed by atoms with Crippen molar-refractivity contribution in [2.24, 2.45) is 0 Å². The third-order valence-electron chi connectivity index (χ3n) is 5.17. The molecule has 1 fully saturated rings. The average molecular weight is 371 g/mol. The smallest absolute Gasteiger partial charge is 0.293 e. The number of benzene rings is 1. The largest absolute Gasteiger partial charge is 0.493 e. The summed E-state index contributed by atoms with van der Waals surface area (Å²) in [6.45, 7) is 2.81. The van der Waals surface area contributed by atoms with Crippen molar-refractivity contribution in [3.8, 4) is 11.5 Å². The molecule has 0 aliphatic carbocycles. The van der Waals surface area contributed by atoms with Gasteiger partial charge in [0.1, 0.15) is 6.54 Å². The van der Waals surface area contributed by atoms with Gasteiger partial charge in [0.2, 0.25) is 11.7 Å². The SMILES string of the molecule is COc1cc2c(cc1OC)[C@H]1CN(C(=O)c3cc(C)no3)CC(=O)N1CC2. The Morgan fingerprint density at radius 1 is 1.22 bits per heavy atom. The normalized spacial score (nSPS) is 18.8. The molecular weight excluding hydrogens is 350 g/mol. The van der Waals surface area contributed by atoms with Crippen LogP contribution in [0.3, 0.4) is 0 Å². The van der Waals surface area contributed by atoms with Crippen LogP contribution in [0.25, 0.3) is 0 Å². The Balaban J connectivity index is 1.68. The van der Waals surface area contributed by atoms with E-state index in [1.807, 2.05) is 17.0 Å². The van der Waals surface area contributed by atoms with Gasteiger partial charge in [0.25, 0.3) is 5.91 Å². The molecule has 4 rings (SSSR count). The number of hydrogen-bond acceptors (Lipinski definition) is 6. The maximum absolute atomic E-state index is 12.7. The Labute approximate surface area is 156 Å². The Morgan fingerprint density at radius 3 is 2.63 bits per heavy atom. The van der Waals surface area contributed by atoms with E-state index >= 15 is 0 Å². The van der Waals surface area contributed by atoms with E-state index in [2.05, 4.69) is 5.16 Å². The monoisotopic (exact) mass is 371 g/mol. The first-order valence-corrected chi connectivity index (χ1v) is 8.78. The highest BCUT2D eigenvalue weighted by Crippen LogP contribution is 2.39. The van der Waals surface area contributed by atoms with Gasteiger partial charge in [-0.05, 0) is 36.6 Å². The number of aromatic nitrogens is 1. The molecule has 3 heterocycles. The number of carbonyl (C=O) groups is 2. The van der Waals surface area contributed by atoms with E-state index in [0.717, 1.165) is 17.5 Å². The van der Waals surface area contributed by atoms with Crippen molar-refractivity contribution in [3.05, 3.63) is 40.8 Å². The second-order valence-electron chi connectivity index (χ2n) is 6.78. The summed E-state index contributed by atoms with van der Waals surface area (Å²) in [6, 6.07) is 5.23. The molecule has 1 atom stereocenters. The van der Waals surface area contributed by atoms with Crippen LogP contribution in [0.15, 0.2) is 22.7 Å². The van der Waals surface area contributed by atoms with Crippen molar-refractivity contribution in [1.82, 2.24) is 15.0 Å². The van der Waals surface area contributed by atoms with Gasteiger partial charge < -0.3 is 23.8 Å². The van der Waals surface area contributed by atoms with E-state index < -0.39 is 0 Å². The first-order valence-electron chi connectivity index (χ1n) is 8.78. The van der Waals surface area contributed by atoms with Gasteiger partial charge >= 0.3 is 0 Å². The molecule has 0 unspecified atom stereocenters. The maximum Gasteiger partial charge on any atom is 0.293 e. The Bertz CT molecular complexity index is 907. The topological polar surface area (TPSA) is 85.1 Å². The molecule has 0 saturated carbocycles. The predicted molar refractivity (Wildman–Crippen MR) is 94.8 cm³/mol. The number of carbonyl (C=O) groups excluding carboxylic acids is 2. The van der Waals surface area contributed by atoms with Gasteiger partial charge in [-0.2, -0.15) is 0 Å². The van der Waals surface area contributed by atoms with Crippen LogP contribution in [0, 0.1) is 6.92 Å². The van der Waals surface area contributed by atoms with E-state index in [1.165, 1.54) is 4.90 Å². The fourth-order valence-corrected chi connectivity index (χ4v) is 3.83. The van der Waals surface area contributed by atoms with Gasteiger partial charge in [0.05, 0.1) is 26.0 Å². The lowest BCUT2D eigenvalue weighted by atomic mass is 9.90. The number of amides is 2. The number of rotatable bonds is 3. The summed E-state index contributed by atoms with van der Waals surface area (Å²) in [6.07, 6.45) is 0.743. The van der Waals surface area contributed by atoms with Crippen LogP contribution < -0.4 is 9.47 Å². The minimum atomic E-state index is -0.323. The van der Waals surface area contributed by atoms with Crippen molar-refractivity contribution in [2.75, 3.05) is 33.9 Å². The van der Waals surface area contributed by atoms with E-state index in [9.17, 15) is 9.59 Å². The van der Waals surface area contributed by atoms with Gasteiger partial charge in [-0.25, -0.2) is 0 Å². The number of hydrogen-bond donors (Lipinski definition) is 0. The number of fused-ring (bicyclic) bond motifs is 3. The summed E-state index contributed by atoms with van der Waals surface area (Å²) >= 11 is 0. The molecule has 2 aliphatic rings. The fourth-order valence-electron chi connectivity index (χ4n) is 3.83. The van der Waals surface area contributed by atoms with Crippen LogP contribution in [-0.2, 0) is 11.2 Å². The molecule has 1 saturated heterocycles. The first-order chi connectivity index (χ1) is 13.0. The van der Waals surface area contributed by atoms with Crippen molar-refractivity contribution >= 4 is 11.8 Å². The Morgan fingerprint density at radius 2 is 1.96 bits per heavy atom. The molecule has 27 heavy (non-hydrogen) atoms. The number of ether oxygens (including phenoxy) is 2. The molecule has 2 amide bonds. The highest BCUT2D eigenvalue weighted by Gasteiger charge is 2.40. The number of piperazine rings is 1. The van der Waals surface area contributed by atoms with Gasteiger partial charge in [-0.1, -0.05) is 5.16 Å². The molecule has 0 bridgehead atoms. The minimum Gasteiger partial charge on any atom is -0.493 e. The molecule has 1 aromatic heterocycles. The molecule has 142 valence electrons. The Hall–Kier alpha value is -3.03. The second kappa shape index (κ2) is 6.61. The van der Waals surface area contributed by atoms with Crippen molar-refractivity contribution in [1.29, 1.82) is 0 Å². The van der Waals surface area contributed by atoms with Crippen molar-refractivity contribution in [3.63, 3.8) is 0 Å². The van der Waals surface area contributed by atoms with E-state index in [4.69, 9.17) is 14.0 Å². The molecule has 2 aromatic rings. The molecule has 1 aromatic carbocycles. The number of aryl methyl sites for hydroxylation is 1. The average Bonchev–Trinajstić information content (AvgIpc) is 3.12. The zero-order chi connectivity index (χ0) is 19.1. The highest BCUT2D eigenvalue weighted by atomic mass is 16.5. The summed E-state index contributed by atoms with van der Waals surface area (Å²) in [4.78, 5) is 28.8. The lowest BCUT2D eigenvalue weighted by Crippen LogP contribution is -2.55. The fraction of sp³-hybridized carbons (Fsp3) is 0.421. The summed E-state index contributed by atoms with van der Waals surface area (Å²) in [5.74, 6) is 1.03. The third kappa shape index (κ3) is 2.90. The quantitative estimate of drug-likeness (QED) is 0.814. The summed E-state index contributed by atoms with van der Waals surface area (Å²) < 4.78 is 15.9. The molecule has 8 heteroatoms. The lowest BCUT2D eigenvalue weighted by molar-refractivity contribution is -0.139. The van der Waals surface area contributed by atoms with Crippen LogP contribution >= 0.6 is 0 Å². The molecular formula is C19H21N3O5. The van der Waals surface area contributed by atoms with Crippen LogP contribution in [0.5, 0.6) is 11.5 Å². The van der Waals surface area contributed by atoms with E-state index in [0.29, 0.717) is 30.3 Å². The van der Waals surface area contributed by atoms with E-state index in [-0.39, 0.29) is 30.2 Å². The number of nitrogens with zero attached hydrogens (tertiary/aromatic N) is 3. The second-order valence-corrected chi connectivity index (χ2v) is 6.78. The molecule has 8 nitrogen and oxygen atoms in total. The van der Waals surface area contributed by atoms with Crippen molar-refractivity contribution in [2.45, 2.75) is 19.4 Å². The standard InChI is InChI=1S/C19H21N3O5/c1-11-6-17(27-20-11)19(24)21-9-14-13-8-16(26-3)15(25-2)7-12(13)4-5-22(14)18(23)10-21/h6-8,14H,4-5,9-10H2,1-3H3/t14-/m1/s1. The molecule has 0 spiro atoms. The summed E-state index contributed by atoms with van der Waals surface area (Å²) in [5, 5.41) is 3.76. The highest BCUT2D eigenvalue weighted by molar-refractivity contribution is 5.95. The van der Waals surface area contributed by atoms with Crippen LogP contribution in [0.1, 0.15) is 33.4 Å². The maximum atomic E-state index is 12.7. The zero-order valence-electron chi connectivity index (χ0n) is 15.5. The zero-order valence-corrected chi connectivity index (χ0v) is 15.5. The Kier molecular flexibility index (Phi) is 4.25. The molecule has 0 N–H and O–H groups in total. The number of methoxy groups -OCH3 is 2. The van der Waals surface area contributed by atoms with E-state index in [1.54, 1.807) is 27.2 Å².